The fourth-order valence-electron chi connectivity index (χ4n) is 14.3. The molecule has 0 bridgehead atoms. The van der Waals surface area contributed by atoms with Crippen LogP contribution in [0.2, 0.25) is 0 Å². The molecular weight excluding hydrogens is 1300 g/mol. The van der Waals surface area contributed by atoms with Crippen molar-refractivity contribution in [3.63, 3.8) is 0 Å². The third kappa shape index (κ3) is 38.2. The molecule has 14 N–H and O–H groups in total. The van der Waals surface area contributed by atoms with Crippen LogP contribution >= 0.6 is 0 Å². The lowest BCUT2D eigenvalue weighted by Gasteiger charge is -2.50. The number of ether oxygens (including phenoxy) is 6. The molecule has 3 aliphatic heterocycles. The van der Waals surface area contributed by atoms with Crippen molar-refractivity contribution >= 4 is 17.8 Å². The Kier molecular flexibility index (Phi) is 52.9. The van der Waals surface area contributed by atoms with E-state index in [1.54, 1.807) is 0 Å². The standard InChI is InChI=1S/C78H146N2O21/c1-4-6-8-10-12-14-16-18-20-22-24-26-28-29-30-32-34-36-38-40-42-44-46-48-50-52-65(88)80-59(60(85)51-49-47-45-43-41-39-37-35-33-31-27-25-23-21-19-17-15-13-11-9-7-5-2)57-96-75-70(92)69(91)72(64(56-83)98-75)99-76-71(93)74(68(90)63(55-82)97-76)101-78(77(94)95)53-61(86)66(79-58(3)84)73(100-78)67(89)62(87)54-81/h29-30,59-64,66-76,81-83,85-87,89-93H,4-28,31-57H2,1-3H3,(H,79,84)(H,80,88)(H,94,95)/b30-29-. The van der Waals surface area contributed by atoms with Crippen LogP contribution in [0, 0.1) is 0 Å². The van der Waals surface area contributed by atoms with Crippen LogP contribution < -0.4 is 10.6 Å². The lowest BCUT2D eigenvalue weighted by atomic mass is 9.88. The molecule has 2 amide bonds. The number of unbranched alkanes of at least 4 members (excludes halogenated alkanes) is 42. The zero-order chi connectivity index (χ0) is 73.9. The number of allylic oxidation sites excluding steroid dienone is 2. The molecule has 23 heteroatoms. The van der Waals surface area contributed by atoms with E-state index in [1.165, 1.54) is 218 Å². The number of nitrogens with one attached hydrogen (secondary N) is 2. The quantitative estimate of drug-likeness (QED) is 0.0199. The van der Waals surface area contributed by atoms with E-state index >= 15 is 0 Å². The minimum atomic E-state index is -3.08. The molecule has 0 aromatic carbocycles. The molecule has 3 fully saturated rings. The summed E-state index contributed by atoms with van der Waals surface area (Å²) in [5.74, 6) is -6.10. The van der Waals surface area contributed by atoms with Gasteiger partial charge < -0.3 is 100 Å². The van der Waals surface area contributed by atoms with Crippen LogP contribution in [0.1, 0.15) is 329 Å². The number of carboxylic acid groups (broad SMARTS) is 1. The number of aliphatic hydroxyl groups excluding tert-OH is 11. The highest BCUT2D eigenvalue weighted by Crippen LogP contribution is 2.39. The summed E-state index contributed by atoms with van der Waals surface area (Å²) in [4.78, 5) is 38.7. The van der Waals surface area contributed by atoms with Gasteiger partial charge in [-0.05, 0) is 38.5 Å². The lowest BCUT2D eigenvalue weighted by Crippen LogP contribution is -2.70. The third-order valence-corrected chi connectivity index (χ3v) is 20.7. The van der Waals surface area contributed by atoms with Gasteiger partial charge in [-0.2, -0.15) is 0 Å². The van der Waals surface area contributed by atoms with E-state index in [0.717, 1.165) is 64.7 Å². The van der Waals surface area contributed by atoms with Gasteiger partial charge >= 0.3 is 5.97 Å². The van der Waals surface area contributed by atoms with Crippen molar-refractivity contribution < 1.29 is 104 Å². The summed E-state index contributed by atoms with van der Waals surface area (Å²) >= 11 is 0. The smallest absolute Gasteiger partial charge is 0.364 e. The first-order valence-corrected chi connectivity index (χ1v) is 40.5. The number of aliphatic hydroxyl groups is 11. The molecule has 3 aliphatic rings. The van der Waals surface area contributed by atoms with Crippen molar-refractivity contribution in [3.8, 4) is 0 Å². The molecule has 18 unspecified atom stereocenters. The minimum absolute atomic E-state index is 0.223. The lowest BCUT2D eigenvalue weighted by molar-refractivity contribution is -0.386. The van der Waals surface area contributed by atoms with Gasteiger partial charge in [0.1, 0.15) is 67.1 Å². The Bertz CT molecular complexity index is 2070. The molecule has 0 spiro atoms. The highest BCUT2D eigenvalue weighted by molar-refractivity contribution is 5.77. The largest absolute Gasteiger partial charge is 0.477 e. The molecule has 23 nitrogen and oxygen atoms in total. The highest BCUT2D eigenvalue weighted by atomic mass is 16.8. The van der Waals surface area contributed by atoms with E-state index in [1.807, 2.05) is 0 Å². The number of hydrogen-bond acceptors (Lipinski definition) is 20. The summed E-state index contributed by atoms with van der Waals surface area (Å²) in [6, 6.07) is -2.53. The second-order valence-electron chi connectivity index (χ2n) is 29.6. The maximum atomic E-state index is 13.6. The number of hydrogen-bond donors (Lipinski definition) is 14. The van der Waals surface area contributed by atoms with E-state index in [2.05, 4.69) is 36.6 Å². The summed E-state index contributed by atoms with van der Waals surface area (Å²) in [5, 5.41) is 137. The first-order valence-electron chi connectivity index (χ1n) is 40.5. The SMILES string of the molecule is CCCCCCCCCCCCCC/C=C\CCCCCCCCCCCC(=O)NC(COC1OC(CO)C(OC2OC(CO)C(O)C(OC3(C(=O)O)CC(O)C(NC(C)=O)C(C(O)C(O)CO)O3)C2O)C(O)C1O)C(O)CCCCCCCCCCCCCCCCCCCCCCCC. The molecule has 18 atom stereocenters. The van der Waals surface area contributed by atoms with Crippen LogP contribution in [0.25, 0.3) is 0 Å². The van der Waals surface area contributed by atoms with Gasteiger partial charge in [0.2, 0.25) is 11.8 Å². The van der Waals surface area contributed by atoms with E-state index in [-0.39, 0.29) is 18.9 Å². The first kappa shape index (κ1) is 92.7. The van der Waals surface area contributed by atoms with Gasteiger partial charge in [0.15, 0.2) is 12.6 Å². The van der Waals surface area contributed by atoms with E-state index in [4.69, 9.17) is 28.4 Å². The van der Waals surface area contributed by atoms with Gasteiger partial charge in [0.05, 0.1) is 50.7 Å². The summed E-state index contributed by atoms with van der Waals surface area (Å²) in [6.07, 6.45) is 32.0. The average Bonchev–Trinajstić information content (AvgIpc) is 0.756. The molecule has 3 saturated heterocycles. The molecule has 0 saturated carbocycles. The topological polar surface area (TPSA) is 373 Å². The van der Waals surface area contributed by atoms with Crippen molar-refractivity contribution in [1.29, 1.82) is 0 Å². The molecule has 3 rings (SSSR count). The molecule has 101 heavy (non-hydrogen) atoms. The van der Waals surface area contributed by atoms with E-state index < -0.39 is 148 Å². The van der Waals surface area contributed by atoms with E-state index in [9.17, 15) is 75.7 Å². The summed E-state index contributed by atoms with van der Waals surface area (Å²) in [6.45, 7) is 2.26. The molecule has 0 aliphatic carbocycles. The Morgan fingerprint density at radius 3 is 1.34 bits per heavy atom. The summed E-state index contributed by atoms with van der Waals surface area (Å²) < 4.78 is 35.0. The van der Waals surface area contributed by atoms with Crippen molar-refractivity contribution in [1.82, 2.24) is 10.6 Å². The second kappa shape index (κ2) is 57.6. The molecule has 594 valence electrons. The number of rotatable bonds is 64. The number of carbonyl (C=O) groups is 3. The zero-order valence-corrected chi connectivity index (χ0v) is 62.8. The predicted octanol–water partition coefficient (Wildman–Crippen LogP) is 10.6. The molecule has 0 aromatic rings. The van der Waals surface area contributed by atoms with Crippen molar-refractivity contribution in [2.45, 2.75) is 439 Å². The average molecular weight is 1450 g/mol. The fourth-order valence-corrected chi connectivity index (χ4v) is 14.3. The summed E-state index contributed by atoms with van der Waals surface area (Å²) in [7, 11) is 0. The van der Waals surface area contributed by atoms with Gasteiger partial charge in [-0.3, -0.25) is 9.59 Å². The zero-order valence-electron chi connectivity index (χ0n) is 62.8. The van der Waals surface area contributed by atoms with Crippen LogP contribution in [0.3, 0.4) is 0 Å². The molecule has 0 aromatic heterocycles. The van der Waals surface area contributed by atoms with Crippen LogP contribution in [-0.2, 0) is 42.8 Å². The maximum Gasteiger partial charge on any atom is 0.364 e. The van der Waals surface area contributed by atoms with Crippen LogP contribution in [0.15, 0.2) is 12.2 Å². The molecule has 0 radical (unpaired) electrons. The predicted molar refractivity (Wildman–Crippen MR) is 389 cm³/mol. The van der Waals surface area contributed by atoms with Crippen molar-refractivity contribution in [3.05, 3.63) is 12.2 Å². The molecule has 3 heterocycles. The number of aliphatic carboxylic acids is 1. The van der Waals surface area contributed by atoms with Gasteiger partial charge in [-0.15, -0.1) is 0 Å². The van der Waals surface area contributed by atoms with Gasteiger partial charge in [0.25, 0.3) is 5.79 Å². The third-order valence-electron chi connectivity index (χ3n) is 20.7. The van der Waals surface area contributed by atoms with Gasteiger partial charge in [-0.1, -0.05) is 283 Å². The van der Waals surface area contributed by atoms with Gasteiger partial charge in [0, 0.05) is 19.8 Å². The maximum absolute atomic E-state index is 13.6. The Labute approximate surface area is 607 Å². The number of carboxylic acids is 1. The Morgan fingerprint density at radius 1 is 0.505 bits per heavy atom. The Hall–Kier alpha value is -2.53. The summed E-state index contributed by atoms with van der Waals surface area (Å²) in [5.41, 5.74) is 0. The van der Waals surface area contributed by atoms with Crippen molar-refractivity contribution in [2.24, 2.45) is 0 Å². The van der Waals surface area contributed by atoms with Crippen LogP contribution in [0.4, 0.5) is 0 Å². The number of amides is 2. The molecular formula is C78H146N2O21. The monoisotopic (exact) mass is 1450 g/mol. The fraction of sp³-hybridized carbons (Fsp3) is 0.936. The second-order valence-corrected chi connectivity index (χ2v) is 29.6. The number of carbonyl (C=O) groups excluding carboxylic acids is 2. The Balaban J connectivity index is 1.52. The Morgan fingerprint density at radius 2 is 0.921 bits per heavy atom. The van der Waals surface area contributed by atoms with Crippen molar-refractivity contribution in [2.75, 3.05) is 26.4 Å². The normalized spacial score (nSPS) is 26.8. The van der Waals surface area contributed by atoms with Crippen LogP contribution in [0.5, 0.6) is 0 Å². The minimum Gasteiger partial charge on any atom is -0.477 e. The first-order chi connectivity index (χ1) is 48.9. The highest BCUT2D eigenvalue weighted by Gasteiger charge is 2.60. The van der Waals surface area contributed by atoms with Gasteiger partial charge in [-0.25, -0.2) is 4.79 Å². The van der Waals surface area contributed by atoms with Crippen LogP contribution in [-0.4, -0.2) is 215 Å². The van der Waals surface area contributed by atoms with E-state index in [0.29, 0.717) is 19.3 Å².